The van der Waals surface area contributed by atoms with E-state index in [9.17, 15) is 0 Å². The van der Waals surface area contributed by atoms with E-state index in [-0.39, 0.29) is 18.3 Å². The van der Waals surface area contributed by atoms with E-state index in [2.05, 4.69) is 50.2 Å². The molecular formula is C15H18BNO2S. The van der Waals surface area contributed by atoms with Gasteiger partial charge in [0.05, 0.1) is 11.2 Å². The normalized spacial score (nSPS) is 20.3. The Labute approximate surface area is 124 Å². The van der Waals surface area contributed by atoms with E-state index in [1.54, 1.807) is 11.3 Å². The van der Waals surface area contributed by atoms with Crippen LogP contribution >= 0.6 is 11.3 Å². The first kappa shape index (κ1) is 13.8. The molecule has 104 valence electrons. The van der Waals surface area contributed by atoms with Gasteiger partial charge in [0, 0.05) is 28.3 Å². The topological polar surface area (TPSA) is 31.4 Å². The maximum absolute atomic E-state index is 6.06. The summed E-state index contributed by atoms with van der Waals surface area (Å²) in [7, 11) is -0.354. The second-order valence-corrected chi connectivity index (χ2v) is 7.02. The van der Waals surface area contributed by atoms with Gasteiger partial charge in [-0.15, -0.1) is 11.3 Å². The highest BCUT2D eigenvalue weighted by Gasteiger charge is 2.51. The van der Waals surface area contributed by atoms with Gasteiger partial charge in [0.25, 0.3) is 0 Å². The lowest BCUT2D eigenvalue weighted by molar-refractivity contribution is 0.00578. The van der Waals surface area contributed by atoms with E-state index in [0.717, 1.165) is 11.0 Å². The summed E-state index contributed by atoms with van der Waals surface area (Å²) in [5.74, 6) is 0. The van der Waals surface area contributed by atoms with Gasteiger partial charge in [-0.3, -0.25) is 4.98 Å². The Hall–Kier alpha value is -1.17. The summed E-state index contributed by atoms with van der Waals surface area (Å²) in [4.78, 5) is 5.53. The van der Waals surface area contributed by atoms with E-state index in [1.807, 2.05) is 18.5 Å². The van der Waals surface area contributed by atoms with Gasteiger partial charge in [-0.2, -0.15) is 0 Å². The standard InChI is InChI=1S/C15H18BNO2S/c1-14(2)15(3,4)19-16(18-14)12-8-11(9-17-10-12)13-6-5-7-20-13/h5-10H,1-4H3. The number of aromatic nitrogens is 1. The smallest absolute Gasteiger partial charge is 0.399 e. The lowest BCUT2D eigenvalue weighted by atomic mass is 9.79. The number of thiophene rings is 1. The van der Waals surface area contributed by atoms with Crippen molar-refractivity contribution in [1.82, 2.24) is 4.98 Å². The Morgan fingerprint density at radius 1 is 1.10 bits per heavy atom. The molecule has 3 rings (SSSR count). The second kappa shape index (κ2) is 4.69. The quantitative estimate of drug-likeness (QED) is 0.795. The van der Waals surface area contributed by atoms with Crippen LogP contribution in [0.2, 0.25) is 0 Å². The molecule has 2 aromatic heterocycles. The maximum Gasteiger partial charge on any atom is 0.496 e. The zero-order valence-corrected chi connectivity index (χ0v) is 13.0. The summed E-state index contributed by atoms with van der Waals surface area (Å²) in [6, 6.07) is 6.23. The third-order valence-corrected chi connectivity index (χ3v) is 5.01. The second-order valence-electron chi connectivity index (χ2n) is 6.07. The molecule has 2 aromatic rings. The molecule has 3 heterocycles. The van der Waals surface area contributed by atoms with E-state index in [4.69, 9.17) is 9.31 Å². The molecule has 1 aliphatic rings. The van der Waals surface area contributed by atoms with Crippen LogP contribution in [0.1, 0.15) is 27.7 Å². The van der Waals surface area contributed by atoms with Crippen molar-refractivity contribution in [2.45, 2.75) is 38.9 Å². The fourth-order valence-electron chi connectivity index (χ4n) is 2.14. The summed E-state index contributed by atoms with van der Waals surface area (Å²) in [5.41, 5.74) is 1.43. The molecule has 0 saturated carbocycles. The van der Waals surface area contributed by atoms with Crippen LogP contribution in [-0.4, -0.2) is 23.3 Å². The van der Waals surface area contributed by atoms with Gasteiger partial charge in [-0.1, -0.05) is 12.1 Å². The van der Waals surface area contributed by atoms with Crippen molar-refractivity contribution in [3.63, 3.8) is 0 Å². The number of nitrogens with zero attached hydrogens (tertiary/aromatic N) is 1. The average molecular weight is 287 g/mol. The molecule has 3 nitrogen and oxygen atoms in total. The molecule has 0 spiro atoms. The fraction of sp³-hybridized carbons (Fsp3) is 0.400. The number of hydrogen-bond donors (Lipinski definition) is 0. The summed E-state index contributed by atoms with van der Waals surface area (Å²) in [6.45, 7) is 8.24. The Balaban J connectivity index is 1.91. The molecule has 0 radical (unpaired) electrons. The van der Waals surface area contributed by atoms with Gasteiger partial charge in [-0.05, 0) is 39.1 Å². The first-order chi connectivity index (χ1) is 9.39. The van der Waals surface area contributed by atoms with Gasteiger partial charge in [-0.25, -0.2) is 0 Å². The molecule has 5 heteroatoms. The van der Waals surface area contributed by atoms with Crippen LogP contribution in [0.3, 0.4) is 0 Å². The van der Waals surface area contributed by atoms with Crippen LogP contribution in [0, 0.1) is 0 Å². The molecule has 0 unspecified atom stereocenters. The van der Waals surface area contributed by atoms with Gasteiger partial charge >= 0.3 is 7.12 Å². The summed E-state index contributed by atoms with van der Waals surface area (Å²) in [6.07, 6.45) is 3.69. The molecule has 0 amide bonds. The molecule has 0 aliphatic carbocycles. The van der Waals surface area contributed by atoms with Crippen LogP contribution in [0.5, 0.6) is 0 Å². The minimum Gasteiger partial charge on any atom is -0.399 e. The first-order valence-electron chi connectivity index (χ1n) is 6.73. The van der Waals surface area contributed by atoms with Crippen molar-refractivity contribution in [2.24, 2.45) is 0 Å². The fourth-order valence-corrected chi connectivity index (χ4v) is 2.85. The molecule has 1 fully saturated rings. The zero-order chi connectivity index (χ0) is 14.4. The highest BCUT2D eigenvalue weighted by molar-refractivity contribution is 7.13. The summed E-state index contributed by atoms with van der Waals surface area (Å²) in [5, 5.41) is 2.07. The van der Waals surface area contributed by atoms with Gasteiger partial charge < -0.3 is 9.31 Å². The number of hydrogen-bond acceptors (Lipinski definition) is 4. The number of rotatable bonds is 2. The van der Waals surface area contributed by atoms with E-state index in [0.29, 0.717) is 0 Å². The zero-order valence-electron chi connectivity index (χ0n) is 12.2. The van der Waals surface area contributed by atoms with Crippen molar-refractivity contribution >= 4 is 23.9 Å². The molecule has 0 bridgehead atoms. The molecule has 1 saturated heterocycles. The molecule has 0 N–H and O–H groups in total. The Morgan fingerprint density at radius 2 is 1.80 bits per heavy atom. The van der Waals surface area contributed by atoms with Crippen LogP contribution in [0.15, 0.2) is 36.0 Å². The van der Waals surface area contributed by atoms with E-state index < -0.39 is 0 Å². The van der Waals surface area contributed by atoms with Gasteiger partial charge in [0.1, 0.15) is 0 Å². The molecule has 20 heavy (non-hydrogen) atoms. The SMILES string of the molecule is CC1(C)OB(c2cncc(-c3cccs3)c2)OC1(C)C. The van der Waals surface area contributed by atoms with Crippen molar-refractivity contribution < 1.29 is 9.31 Å². The van der Waals surface area contributed by atoms with Crippen LogP contribution in [-0.2, 0) is 9.31 Å². The highest BCUT2D eigenvalue weighted by atomic mass is 32.1. The van der Waals surface area contributed by atoms with E-state index in [1.165, 1.54) is 4.88 Å². The highest BCUT2D eigenvalue weighted by Crippen LogP contribution is 2.36. The largest absolute Gasteiger partial charge is 0.496 e. The predicted octanol–water partition coefficient (Wildman–Crippen LogP) is 3.11. The van der Waals surface area contributed by atoms with E-state index >= 15 is 0 Å². The summed E-state index contributed by atoms with van der Waals surface area (Å²) < 4.78 is 12.1. The van der Waals surface area contributed by atoms with Crippen LogP contribution in [0.4, 0.5) is 0 Å². The summed E-state index contributed by atoms with van der Waals surface area (Å²) >= 11 is 1.71. The molecular weight excluding hydrogens is 269 g/mol. The van der Waals surface area contributed by atoms with Crippen molar-refractivity contribution in [1.29, 1.82) is 0 Å². The number of pyridine rings is 1. The molecule has 0 aromatic carbocycles. The monoisotopic (exact) mass is 287 g/mol. The lowest BCUT2D eigenvalue weighted by Crippen LogP contribution is -2.41. The third-order valence-electron chi connectivity index (χ3n) is 4.09. The Bertz CT molecular complexity index is 594. The maximum atomic E-state index is 6.06. The van der Waals surface area contributed by atoms with Gasteiger partial charge in [0.2, 0.25) is 0 Å². The van der Waals surface area contributed by atoms with Crippen molar-refractivity contribution in [2.75, 3.05) is 0 Å². The minimum atomic E-state index is -0.354. The minimum absolute atomic E-state index is 0.323. The average Bonchev–Trinajstić information content (AvgIpc) is 2.97. The predicted molar refractivity (Wildman–Crippen MR) is 83.3 cm³/mol. The third kappa shape index (κ3) is 2.30. The molecule has 1 aliphatic heterocycles. The van der Waals surface area contributed by atoms with Crippen molar-refractivity contribution in [3.05, 3.63) is 36.0 Å². The lowest BCUT2D eigenvalue weighted by Gasteiger charge is -2.32. The van der Waals surface area contributed by atoms with Crippen molar-refractivity contribution in [3.8, 4) is 10.4 Å². The van der Waals surface area contributed by atoms with Gasteiger partial charge in [0.15, 0.2) is 0 Å². The molecule has 0 atom stereocenters. The Kier molecular flexibility index (Phi) is 3.24. The van der Waals surface area contributed by atoms with Crippen LogP contribution in [0.25, 0.3) is 10.4 Å². The first-order valence-corrected chi connectivity index (χ1v) is 7.61. The Morgan fingerprint density at radius 3 is 2.40 bits per heavy atom. The van der Waals surface area contributed by atoms with Crippen LogP contribution < -0.4 is 5.46 Å².